The Morgan fingerprint density at radius 3 is 2.76 bits per heavy atom. The van der Waals surface area contributed by atoms with Crippen molar-refractivity contribution in [2.24, 2.45) is 0 Å². The minimum atomic E-state index is 0.713. The van der Waals surface area contributed by atoms with Gasteiger partial charge in [-0.1, -0.05) is 28.5 Å². The maximum Gasteiger partial charge on any atom is 0.121 e. The Hall–Kier alpha value is -1.33. The van der Waals surface area contributed by atoms with Gasteiger partial charge in [0.15, 0.2) is 0 Å². The molecule has 0 saturated heterocycles. The van der Waals surface area contributed by atoms with Crippen molar-refractivity contribution in [1.82, 2.24) is 15.6 Å². The highest BCUT2D eigenvalue weighted by molar-refractivity contribution is 7.99. The molecule has 0 bridgehead atoms. The number of aryl methyl sites for hydroxylation is 1. The van der Waals surface area contributed by atoms with Gasteiger partial charge in [-0.2, -0.15) is 0 Å². The molecule has 90 valence electrons. The quantitative estimate of drug-likeness (QED) is 0.628. The Labute approximate surface area is 105 Å². The molecular weight excluding hydrogens is 234 g/mol. The van der Waals surface area contributed by atoms with Crippen molar-refractivity contribution < 1.29 is 4.63 Å². The summed E-state index contributed by atoms with van der Waals surface area (Å²) in [6.45, 7) is 3.54. The highest BCUT2D eigenvalue weighted by atomic mass is 32.2. The molecule has 0 spiro atoms. The van der Waals surface area contributed by atoms with Crippen molar-refractivity contribution in [3.05, 3.63) is 41.7 Å². The second kappa shape index (κ2) is 6.42. The summed E-state index contributed by atoms with van der Waals surface area (Å²) in [6, 6.07) is 10.4. The standard InChI is InChI=1S/C12H15N3OS/c1-10-12(15-16-14-10)9-13-7-8-17-11-5-3-2-4-6-11/h2-6,13H,7-9H2,1H3. The number of rotatable bonds is 6. The van der Waals surface area contributed by atoms with Crippen LogP contribution >= 0.6 is 11.8 Å². The van der Waals surface area contributed by atoms with Crippen molar-refractivity contribution in [3.63, 3.8) is 0 Å². The van der Waals surface area contributed by atoms with E-state index >= 15 is 0 Å². The van der Waals surface area contributed by atoms with E-state index in [2.05, 4.69) is 44.5 Å². The predicted octanol–water partition coefficient (Wildman–Crippen LogP) is 2.26. The molecule has 0 amide bonds. The molecule has 5 heteroatoms. The van der Waals surface area contributed by atoms with Gasteiger partial charge in [0, 0.05) is 23.7 Å². The van der Waals surface area contributed by atoms with Crippen LogP contribution in [-0.4, -0.2) is 22.6 Å². The lowest BCUT2D eigenvalue weighted by Crippen LogP contribution is -2.17. The average Bonchev–Trinajstić information content (AvgIpc) is 2.76. The van der Waals surface area contributed by atoms with E-state index in [4.69, 9.17) is 0 Å². The van der Waals surface area contributed by atoms with E-state index in [0.717, 1.165) is 23.7 Å². The molecule has 4 nitrogen and oxygen atoms in total. The van der Waals surface area contributed by atoms with E-state index in [9.17, 15) is 0 Å². The zero-order valence-electron chi connectivity index (χ0n) is 9.72. The monoisotopic (exact) mass is 249 g/mol. The normalized spacial score (nSPS) is 10.6. The zero-order valence-corrected chi connectivity index (χ0v) is 10.5. The first kappa shape index (κ1) is 12.1. The predicted molar refractivity (Wildman–Crippen MR) is 67.9 cm³/mol. The van der Waals surface area contributed by atoms with Gasteiger partial charge in [0.05, 0.1) is 0 Å². The van der Waals surface area contributed by atoms with Crippen molar-refractivity contribution >= 4 is 11.8 Å². The summed E-state index contributed by atoms with van der Waals surface area (Å²) >= 11 is 1.84. The Morgan fingerprint density at radius 2 is 2.06 bits per heavy atom. The van der Waals surface area contributed by atoms with Gasteiger partial charge in [-0.25, -0.2) is 4.63 Å². The van der Waals surface area contributed by atoms with E-state index < -0.39 is 0 Å². The Balaban J connectivity index is 1.63. The molecule has 1 N–H and O–H groups in total. The number of nitrogens with one attached hydrogen (secondary N) is 1. The third-order valence-electron chi connectivity index (χ3n) is 2.33. The summed E-state index contributed by atoms with van der Waals surface area (Å²) in [6.07, 6.45) is 0. The third kappa shape index (κ3) is 3.87. The number of thioether (sulfide) groups is 1. The molecule has 0 fully saturated rings. The third-order valence-corrected chi connectivity index (χ3v) is 3.34. The van der Waals surface area contributed by atoms with Crippen LogP contribution in [0.3, 0.4) is 0 Å². The number of hydrogen-bond acceptors (Lipinski definition) is 5. The smallest absolute Gasteiger partial charge is 0.121 e. The molecule has 0 radical (unpaired) electrons. The van der Waals surface area contributed by atoms with Crippen LogP contribution < -0.4 is 5.32 Å². The lowest BCUT2D eigenvalue weighted by molar-refractivity contribution is 0.300. The van der Waals surface area contributed by atoms with Crippen LogP contribution in [0.5, 0.6) is 0 Å². The largest absolute Gasteiger partial charge is 0.310 e. The lowest BCUT2D eigenvalue weighted by atomic mass is 10.3. The molecule has 0 aliphatic heterocycles. The molecule has 0 atom stereocenters. The van der Waals surface area contributed by atoms with Crippen LogP contribution in [-0.2, 0) is 6.54 Å². The summed E-state index contributed by atoms with van der Waals surface area (Å²) in [5.41, 5.74) is 1.74. The first-order chi connectivity index (χ1) is 8.36. The number of aromatic nitrogens is 2. The first-order valence-electron chi connectivity index (χ1n) is 5.53. The van der Waals surface area contributed by atoms with Gasteiger partial charge in [0.25, 0.3) is 0 Å². The number of benzene rings is 1. The minimum absolute atomic E-state index is 0.713. The Morgan fingerprint density at radius 1 is 1.24 bits per heavy atom. The minimum Gasteiger partial charge on any atom is -0.310 e. The van der Waals surface area contributed by atoms with E-state index in [1.807, 2.05) is 24.8 Å². The SMILES string of the molecule is Cc1nonc1CNCCSc1ccccc1. The van der Waals surface area contributed by atoms with Gasteiger partial charge in [-0.15, -0.1) is 11.8 Å². The lowest BCUT2D eigenvalue weighted by Gasteiger charge is -2.02. The molecule has 0 aliphatic rings. The van der Waals surface area contributed by atoms with Crippen LogP contribution in [0.1, 0.15) is 11.4 Å². The molecule has 0 saturated carbocycles. The fourth-order valence-electron chi connectivity index (χ4n) is 1.37. The maximum atomic E-state index is 4.63. The van der Waals surface area contributed by atoms with Crippen LogP contribution in [0.25, 0.3) is 0 Å². The van der Waals surface area contributed by atoms with E-state index in [1.165, 1.54) is 4.90 Å². The molecule has 1 heterocycles. The average molecular weight is 249 g/mol. The van der Waals surface area contributed by atoms with E-state index in [0.29, 0.717) is 6.54 Å². The van der Waals surface area contributed by atoms with Crippen LogP contribution in [0, 0.1) is 6.92 Å². The number of nitrogens with zero attached hydrogens (tertiary/aromatic N) is 2. The molecular formula is C12H15N3OS. The summed E-state index contributed by atoms with van der Waals surface area (Å²) in [4.78, 5) is 1.30. The van der Waals surface area contributed by atoms with Crippen LogP contribution in [0.15, 0.2) is 39.9 Å². The van der Waals surface area contributed by atoms with E-state index in [-0.39, 0.29) is 0 Å². The molecule has 1 aromatic heterocycles. The number of hydrogen-bond donors (Lipinski definition) is 1. The Bertz CT molecular complexity index is 444. The molecule has 0 aliphatic carbocycles. The maximum absolute atomic E-state index is 4.63. The highest BCUT2D eigenvalue weighted by Gasteiger charge is 2.03. The second-order valence-electron chi connectivity index (χ2n) is 3.63. The summed E-state index contributed by atoms with van der Waals surface area (Å²) in [7, 11) is 0. The second-order valence-corrected chi connectivity index (χ2v) is 4.80. The summed E-state index contributed by atoms with van der Waals surface area (Å²) in [5.74, 6) is 1.04. The first-order valence-corrected chi connectivity index (χ1v) is 6.51. The van der Waals surface area contributed by atoms with Gasteiger partial charge >= 0.3 is 0 Å². The van der Waals surface area contributed by atoms with E-state index in [1.54, 1.807) is 0 Å². The van der Waals surface area contributed by atoms with Crippen molar-refractivity contribution in [1.29, 1.82) is 0 Å². The van der Waals surface area contributed by atoms with Crippen LogP contribution in [0.4, 0.5) is 0 Å². The van der Waals surface area contributed by atoms with Gasteiger partial charge in [-0.3, -0.25) is 0 Å². The van der Waals surface area contributed by atoms with Crippen molar-refractivity contribution in [2.75, 3.05) is 12.3 Å². The van der Waals surface area contributed by atoms with Crippen LogP contribution in [0.2, 0.25) is 0 Å². The zero-order chi connectivity index (χ0) is 11.9. The van der Waals surface area contributed by atoms with Gasteiger partial charge in [-0.05, 0) is 19.1 Å². The van der Waals surface area contributed by atoms with Gasteiger partial charge < -0.3 is 5.32 Å². The van der Waals surface area contributed by atoms with Crippen molar-refractivity contribution in [3.8, 4) is 0 Å². The molecule has 2 rings (SSSR count). The fourth-order valence-corrected chi connectivity index (χ4v) is 2.21. The molecule has 17 heavy (non-hydrogen) atoms. The fraction of sp³-hybridized carbons (Fsp3) is 0.333. The summed E-state index contributed by atoms with van der Waals surface area (Å²) in [5, 5.41) is 10.9. The van der Waals surface area contributed by atoms with Gasteiger partial charge in [0.2, 0.25) is 0 Å². The summed E-state index contributed by atoms with van der Waals surface area (Å²) < 4.78 is 4.63. The molecule has 0 unspecified atom stereocenters. The van der Waals surface area contributed by atoms with Crippen molar-refractivity contribution in [2.45, 2.75) is 18.4 Å². The topological polar surface area (TPSA) is 51.0 Å². The molecule has 2 aromatic rings. The highest BCUT2D eigenvalue weighted by Crippen LogP contribution is 2.15. The van der Waals surface area contributed by atoms with Gasteiger partial charge in [0.1, 0.15) is 11.4 Å². The Kier molecular flexibility index (Phi) is 4.58. The molecule has 1 aromatic carbocycles.